The fourth-order valence-electron chi connectivity index (χ4n) is 0.677. The van der Waals surface area contributed by atoms with Crippen molar-refractivity contribution in [1.29, 1.82) is 0 Å². The molecule has 0 rings (SSSR count). The van der Waals surface area contributed by atoms with Crippen LogP contribution in [0.4, 0.5) is 0 Å². The molecular formula is C7H16Ar. The molecule has 0 amide bonds. The summed E-state index contributed by atoms with van der Waals surface area (Å²) in [5.41, 5.74) is 0. The SMILES string of the molecule is CCCCCCC.[Ar]. The topological polar surface area (TPSA) is 0 Å². The number of rotatable bonds is 4. The van der Waals surface area contributed by atoms with Gasteiger partial charge in [0.15, 0.2) is 0 Å². The molecule has 52 valence electrons. The first kappa shape index (κ1) is 12.0. The van der Waals surface area contributed by atoms with E-state index < -0.39 is 0 Å². The van der Waals surface area contributed by atoms with Crippen LogP contribution in [0.1, 0.15) is 46.0 Å². The van der Waals surface area contributed by atoms with E-state index in [1.165, 1.54) is 32.1 Å². The second-order valence-corrected chi connectivity index (χ2v) is 2.06. The van der Waals surface area contributed by atoms with E-state index in [1.54, 1.807) is 0 Å². The maximum Gasteiger partial charge on any atom is 0 e. The standard InChI is InChI=1S/C7H16.Ar/c1-3-5-7-6-4-2;/h3-7H2,1-2H3;. The molecule has 0 aromatic heterocycles. The van der Waals surface area contributed by atoms with E-state index in [-0.39, 0.29) is 37.7 Å². The van der Waals surface area contributed by atoms with E-state index in [0.717, 1.165) is 0 Å². The molecule has 0 aromatic carbocycles. The largest absolute Gasteiger partial charge is 0.0654 e. The third-order valence-corrected chi connectivity index (χ3v) is 1.21. The molecule has 8 heavy (non-hydrogen) atoms. The minimum atomic E-state index is 0. The molecule has 0 aliphatic heterocycles. The fraction of sp³-hybridized carbons (Fsp3) is 1.00. The van der Waals surface area contributed by atoms with Crippen LogP contribution >= 0.6 is 0 Å². The van der Waals surface area contributed by atoms with Crippen LogP contribution < -0.4 is 0 Å². The van der Waals surface area contributed by atoms with E-state index in [1.807, 2.05) is 0 Å². The number of hydrogen-bond acceptors (Lipinski definition) is 0. The van der Waals surface area contributed by atoms with Gasteiger partial charge in [-0.25, -0.2) is 0 Å². The average molecular weight is 140 g/mol. The van der Waals surface area contributed by atoms with E-state index in [4.69, 9.17) is 0 Å². The van der Waals surface area contributed by atoms with Gasteiger partial charge in [0.05, 0.1) is 0 Å². The van der Waals surface area contributed by atoms with E-state index in [9.17, 15) is 0 Å². The predicted molar refractivity (Wildman–Crippen MR) is 34.4 cm³/mol. The summed E-state index contributed by atoms with van der Waals surface area (Å²) in [7, 11) is 0. The second-order valence-electron chi connectivity index (χ2n) is 2.06. The van der Waals surface area contributed by atoms with Crippen LogP contribution in [0.15, 0.2) is 0 Å². The molecule has 0 bridgehead atoms. The summed E-state index contributed by atoms with van der Waals surface area (Å²) in [6.07, 6.45) is 7.01. The van der Waals surface area contributed by atoms with Crippen molar-refractivity contribution in [3.63, 3.8) is 0 Å². The van der Waals surface area contributed by atoms with Crippen molar-refractivity contribution < 1.29 is 37.7 Å². The van der Waals surface area contributed by atoms with Crippen LogP contribution in [0.5, 0.6) is 0 Å². The van der Waals surface area contributed by atoms with Gasteiger partial charge >= 0.3 is 0 Å². The summed E-state index contributed by atoms with van der Waals surface area (Å²) in [5, 5.41) is 0. The molecule has 0 spiro atoms. The third-order valence-electron chi connectivity index (χ3n) is 1.21. The van der Waals surface area contributed by atoms with E-state index >= 15 is 0 Å². The van der Waals surface area contributed by atoms with Crippen LogP contribution in [0, 0.1) is 37.7 Å². The summed E-state index contributed by atoms with van der Waals surface area (Å²) in [6.45, 7) is 4.49. The Bertz CT molecular complexity index is 23.6. The molecule has 0 aliphatic rings. The van der Waals surface area contributed by atoms with E-state index in [0.29, 0.717) is 0 Å². The van der Waals surface area contributed by atoms with Crippen LogP contribution in [0.25, 0.3) is 0 Å². The Kier molecular flexibility index (Phi) is 16.6. The van der Waals surface area contributed by atoms with Gasteiger partial charge in [-0.2, -0.15) is 0 Å². The van der Waals surface area contributed by atoms with Crippen molar-refractivity contribution in [2.45, 2.75) is 46.0 Å². The van der Waals surface area contributed by atoms with Crippen molar-refractivity contribution >= 4 is 0 Å². The molecule has 0 nitrogen and oxygen atoms in total. The van der Waals surface area contributed by atoms with Crippen LogP contribution in [0.2, 0.25) is 0 Å². The quantitative estimate of drug-likeness (QED) is 0.526. The Labute approximate surface area is 83.0 Å². The summed E-state index contributed by atoms with van der Waals surface area (Å²) in [4.78, 5) is 0. The molecule has 0 atom stereocenters. The summed E-state index contributed by atoms with van der Waals surface area (Å²) in [6, 6.07) is 0. The molecule has 0 unspecified atom stereocenters. The maximum absolute atomic E-state index is 2.25. The van der Waals surface area contributed by atoms with Gasteiger partial charge in [-0.15, -0.1) is 0 Å². The van der Waals surface area contributed by atoms with Crippen LogP contribution in [-0.2, 0) is 0 Å². The Balaban J connectivity index is 0. The minimum absolute atomic E-state index is 0. The summed E-state index contributed by atoms with van der Waals surface area (Å²) >= 11 is 0. The van der Waals surface area contributed by atoms with Gasteiger partial charge in [-0.3, -0.25) is 0 Å². The van der Waals surface area contributed by atoms with Crippen LogP contribution in [0.3, 0.4) is 0 Å². The smallest absolute Gasteiger partial charge is 0 e. The van der Waals surface area contributed by atoms with Crippen molar-refractivity contribution in [1.82, 2.24) is 0 Å². The molecule has 0 fully saturated rings. The van der Waals surface area contributed by atoms with Crippen molar-refractivity contribution in [3.05, 3.63) is 0 Å². The zero-order valence-corrected chi connectivity index (χ0v) is 6.60. The Morgan fingerprint density at radius 2 is 1.12 bits per heavy atom. The first-order valence-corrected chi connectivity index (χ1v) is 3.41. The first-order chi connectivity index (χ1) is 3.41. The van der Waals surface area contributed by atoms with Crippen molar-refractivity contribution in [2.75, 3.05) is 0 Å². The molecular weight excluding hydrogens is 124 g/mol. The molecule has 0 N–H and O–H groups in total. The second kappa shape index (κ2) is 11.1. The third kappa shape index (κ3) is 10.3. The van der Waals surface area contributed by atoms with Gasteiger partial charge in [-0.05, 0) is 0 Å². The zero-order chi connectivity index (χ0) is 5.54. The van der Waals surface area contributed by atoms with Gasteiger partial charge in [0.1, 0.15) is 0 Å². The van der Waals surface area contributed by atoms with Gasteiger partial charge < -0.3 is 0 Å². The van der Waals surface area contributed by atoms with Crippen molar-refractivity contribution in [2.24, 2.45) is 0 Å². The number of hydrogen-bond donors (Lipinski definition) is 0. The Hall–Kier alpha value is 1.26. The molecule has 0 aromatic rings. The maximum atomic E-state index is 2.25. The normalized spacial score (nSPS) is 8.25. The molecule has 0 heterocycles. The van der Waals surface area contributed by atoms with Crippen molar-refractivity contribution in [3.8, 4) is 0 Å². The Morgan fingerprint density at radius 1 is 0.750 bits per heavy atom. The Morgan fingerprint density at radius 3 is 1.38 bits per heavy atom. The fourth-order valence-corrected chi connectivity index (χ4v) is 0.677. The van der Waals surface area contributed by atoms with Crippen LogP contribution in [-0.4, -0.2) is 0 Å². The average Bonchev–Trinajstić information content (AvgIpc) is 1.69. The number of unbranched alkanes of at least 4 members (excludes halogenated alkanes) is 4. The predicted octanol–water partition coefficient (Wildman–Crippen LogP) is 2.98. The minimum Gasteiger partial charge on any atom is -0.0654 e. The first-order valence-electron chi connectivity index (χ1n) is 3.41. The molecule has 0 saturated carbocycles. The van der Waals surface area contributed by atoms with Gasteiger partial charge in [0, 0.05) is 37.7 Å². The summed E-state index contributed by atoms with van der Waals surface area (Å²) < 4.78 is 0. The van der Waals surface area contributed by atoms with Gasteiger partial charge in [-0.1, -0.05) is 46.0 Å². The zero-order valence-electron chi connectivity index (χ0n) is 5.89. The molecule has 0 saturated heterocycles. The molecule has 1 heteroatoms. The monoisotopic (exact) mass is 140 g/mol. The molecule has 0 radical (unpaired) electrons. The molecule has 0 aliphatic carbocycles. The van der Waals surface area contributed by atoms with Gasteiger partial charge in [0.25, 0.3) is 0 Å². The summed E-state index contributed by atoms with van der Waals surface area (Å²) in [5.74, 6) is 0. The van der Waals surface area contributed by atoms with E-state index in [2.05, 4.69) is 13.8 Å². The van der Waals surface area contributed by atoms with Gasteiger partial charge in [0.2, 0.25) is 0 Å².